The molecule has 7 heteroatoms. The van der Waals surface area contributed by atoms with Gasteiger partial charge in [-0.15, -0.1) is 0 Å². The van der Waals surface area contributed by atoms with Crippen LogP contribution in [0.15, 0.2) is 36.4 Å². The van der Waals surface area contributed by atoms with E-state index < -0.39 is 0 Å². The molecule has 2 atom stereocenters. The first-order valence-electron chi connectivity index (χ1n) is 15.1. The molecule has 0 radical (unpaired) electrons. The maximum Gasteiger partial charge on any atom is 0.237 e. The van der Waals surface area contributed by atoms with Crippen molar-refractivity contribution in [2.45, 2.75) is 104 Å². The summed E-state index contributed by atoms with van der Waals surface area (Å²) in [5.74, 6) is -0.0643. The third kappa shape index (κ3) is 6.63. The standard InChI is InChI=1S/C34H45ClN2O4/c1-7-33(3,4)22-15-18-29(26(20-22)34(5,6)8-2)41-19-11-14-30(38)36-23-16-17-28(27(35)21-23)37-31(39)24-12-9-10-13-25(24)32(37)40/h15-18,20-21,24-25H,7-14,19H2,1-6H3,(H,36,38)/t24-,25-/m1/s1. The Kier molecular flexibility index (Phi) is 9.52. The molecule has 2 fully saturated rings. The minimum atomic E-state index is -0.237. The molecule has 2 aromatic carbocycles. The summed E-state index contributed by atoms with van der Waals surface area (Å²) >= 11 is 6.51. The second-order valence-electron chi connectivity index (χ2n) is 12.9. The first-order chi connectivity index (χ1) is 19.4. The molecule has 1 saturated heterocycles. The molecule has 3 amide bonds. The number of benzene rings is 2. The fourth-order valence-corrected chi connectivity index (χ4v) is 6.07. The maximum absolute atomic E-state index is 12.9. The molecule has 41 heavy (non-hydrogen) atoms. The van der Waals surface area contributed by atoms with E-state index >= 15 is 0 Å². The predicted molar refractivity (Wildman–Crippen MR) is 166 cm³/mol. The summed E-state index contributed by atoms with van der Waals surface area (Å²) < 4.78 is 6.21. The van der Waals surface area contributed by atoms with Gasteiger partial charge >= 0.3 is 0 Å². The fourth-order valence-electron chi connectivity index (χ4n) is 5.80. The minimum absolute atomic E-state index is 0.0275. The Balaban J connectivity index is 1.34. The molecule has 0 unspecified atom stereocenters. The lowest BCUT2D eigenvalue weighted by Crippen LogP contribution is -2.31. The van der Waals surface area contributed by atoms with E-state index in [0.717, 1.165) is 44.3 Å². The zero-order chi connectivity index (χ0) is 29.9. The predicted octanol–water partition coefficient (Wildman–Crippen LogP) is 8.19. The summed E-state index contributed by atoms with van der Waals surface area (Å²) in [4.78, 5) is 39.8. The molecule has 1 aliphatic carbocycles. The smallest absolute Gasteiger partial charge is 0.237 e. The number of nitrogens with one attached hydrogen (secondary N) is 1. The van der Waals surface area contributed by atoms with Gasteiger partial charge in [-0.3, -0.25) is 14.4 Å². The van der Waals surface area contributed by atoms with Gasteiger partial charge in [-0.1, -0.05) is 78.1 Å². The fraction of sp³-hybridized carbons (Fsp3) is 0.559. The summed E-state index contributed by atoms with van der Waals surface area (Å²) in [6.45, 7) is 13.8. The van der Waals surface area contributed by atoms with Gasteiger partial charge in [-0.25, -0.2) is 4.90 Å². The zero-order valence-corrected chi connectivity index (χ0v) is 26.2. The van der Waals surface area contributed by atoms with Crippen molar-refractivity contribution < 1.29 is 19.1 Å². The molecule has 2 aromatic rings. The molecule has 0 spiro atoms. The van der Waals surface area contributed by atoms with Gasteiger partial charge in [-0.2, -0.15) is 0 Å². The summed E-state index contributed by atoms with van der Waals surface area (Å²) in [5.41, 5.74) is 3.50. The van der Waals surface area contributed by atoms with E-state index in [1.165, 1.54) is 16.0 Å². The highest BCUT2D eigenvalue weighted by Crippen LogP contribution is 2.42. The van der Waals surface area contributed by atoms with E-state index in [4.69, 9.17) is 16.3 Å². The van der Waals surface area contributed by atoms with Gasteiger partial charge in [0.1, 0.15) is 5.75 Å². The van der Waals surface area contributed by atoms with Gasteiger partial charge in [0.05, 0.1) is 29.2 Å². The molecule has 222 valence electrons. The summed E-state index contributed by atoms with van der Waals surface area (Å²) in [5, 5.41) is 3.15. The third-order valence-corrected chi connectivity index (χ3v) is 9.68. The van der Waals surface area contributed by atoms with E-state index in [0.29, 0.717) is 30.8 Å². The van der Waals surface area contributed by atoms with Crippen LogP contribution in [0.5, 0.6) is 5.75 Å². The first kappa shape index (κ1) is 31.1. The molecule has 0 aromatic heterocycles. The molecule has 4 rings (SSSR count). The SMILES string of the molecule is CCC(C)(C)c1ccc(OCCCC(=O)Nc2ccc(N3C(=O)[C@@H]4CCCC[C@H]4C3=O)c(Cl)c2)c(C(C)(C)CC)c1. The lowest BCUT2D eigenvalue weighted by Gasteiger charge is -2.30. The number of fused-ring (bicyclic) bond motifs is 1. The molecule has 0 bridgehead atoms. The molecular formula is C34H45ClN2O4. The van der Waals surface area contributed by atoms with Gasteiger partial charge in [-0.05, 0) is 72.8 Å². The molecule has 6 nitrogen and oxygen atoms in total. The third-order valence-electron chi connectivity index (χ3n) is 9.38. The van der Waals surface area contributed by atoms with Crippen LogP contribution in [0.1, 0.15) is 104 Å². The number of halogens is 1. The lowest BCUT2D eigenvalue weighted by molar-refractivity contribution is -0.122. The van der Waals surface area contributed by atoms with Crippen LogP contribution in [0.4, 0.5) is 11.4 Å². The number of amides is 3. The normalized spacial score (nSPS) is 19.3. The second-order valence-corrected chi connectivity index (χ2v) is 13.3. The van der Waals surface area contributed by atoms with Crippen molar-refractivity contribution in [3.05, 3.63) is 52.5 Å². The van der Waals surface area contributed by atoms with Crippen LogP contribution < -0.4 is 15.0 Å². The van der Waals surface area contributed by atoms with Crippen LogP contribution in [0.3, 0.4) is 0 Å². The monoisotopic (exact) mass is 580 g/mol. The van der Waals surface area contributed by atoms with Gasteiger partial charge in [0.25, 0.3) is 0 Å². The quantitative estimate of drug-likeness (QED) is 0.215. The maximum atomic E-state index is 12.9. The Labute approximate surface area is 250 Å². The Morgan fingerprint density at radius 1 is 0.951 bits per heavy atom. The highest BCUT2D eigenvalue weighted by molar-refractivity contribution is 6.36. The number of hydrogen-bond donors (Lipinski definition) is 1. The number of imide groups is 1. The minimum Gasteiger partial charge on any atom is -0.493 e. The van der Waals surface area contributed by atoms with Crippen LogP contribution >= 0.6 is 11.6 Å². The van der Waals surface area contributed by atoms with Gasteiger partial charge in [0.2, 0.25) is 17.7 Å². The molecule has 1 aliphatic heterocycles. The van der Waals surface area contributed by atoms with E-state index in [-0.39, 0.29) is 45.4 Å². The Hall–Kier alpha value is -2.86. The van der Waals surface area contributed by atoms with Crippen molar-refractivity contribution in [3.63, 3.8) is 0 Å². The number of ether oxygens (including phenoxy) is 1. The molecule has 1 saturated carbocycles. The number of rotatable bonds is 11. The van der Waals surface area contributed by atoms with Crippen LogP contribution in [-0.4, -0.2) is 24.3 Å². The van der Waals surface area contributed by atoms with E-state index in [1.807, 2.05) is 0 Å². The molecule has 2 aliphatic rings. The number of hydrogen-bond acceptors (Lipinski definition) is 4. The second kappa shape index (κ2) is 12.6. The number of carbonyl (C=O) groups excluding carboxylic acids is 3. The Morgan fingerprint density at radius 2 is 1.59 bits per heavy atom. The van der Waals surface area contributed by atoms with Crippen molar-refractivity contribution in [1.29, 1.82) is 0 Å². The van der Waals surface area contributed by atoms with Crippen LogP contribution in [0.25, 0.3) is 0 Å². The number of anilines is 2. The van der Waals surface area contributed by atoms with Gasteiger partial charge < -0.3 is 10.1 Å². The summed E-state index contributed by atoms with van der Waals surface area (Å²) in [6.07, 6.45) is 6.34. The molecular weight excluding hydrogens is 536 g/mol. The lowest BCUT2D eigenvalue weighted by atomic mass is 9.76. The number of carbonyl (C=O) groups is 3. The van der Waals surface area contributed by atoms with Crippen molar-refractivity contribution in [2.75, 3.05) is 16.8 Å². The van der Waals surface area contributed by atoms with E-state index in [2.05, 4.69) is 65.1 Å². The Bertz CT molecular complexity index is 1280. The molecule has 1 heterocycles. The van der Waals surface area contributed by atoms with Crippen LogP contribution in [-0.2, 0) is 25.2 Å². The Morgan fingerprint density at radius 3 is 2.17 bits per heavy atom. The molecule has 1 N–H and O–H groups in total. The highest BCUT2D eigenvalue weighted by atomic mass is 35.5. The first-order valence-corrected chi connectivity index (χ1v) is 15.5. The average molecular weight is 581 g/mol. The van der Waals surface area contributed by atoms with Crippen LogP contribution in [0.2, 0.25) is 5.02 Å². The van der Waals surface area contributed by atoms with Crippen molar-refractivity contribution in [2.24, 2.45) is 11.8 Å². The number of nitrogens with zero attached hydrogens (tertiary/aromatic N) is 1. The van der Waals surface area contributed by atoms with Crippen molar-refractivity contribution in [3.8, 4) is 5.75 Å². The topological polar surface area (TPSA) is 75.7 Å². The van der Waals surface area contributed by atoms with E-state index in [1.54, 1.807) is 18.2 Å². The van der Waals surface area contributed by atoms with Gasteiger partial charge in [0.15, 0.2) is 0 Å². The largest absolute Gasteiger partial charge is 0.493 e. The van der Waals surface area contributed by atoms with Crippen LogP contribution in [0, 0.1) is 11.8 Å². The summed E-state index contributed by atoms with van der Waals surface area (Å²) in [6, 6.07) is 11.5. The average Bonchev–Trinajstić information content (AvgIpc) is 3.20. The zero-order valence-electron chi connectivity index (χ0n) is 25.4. The van der Waals surface area contributed by atoms with Gasteiger partial charge in [0, 0.05) is 17.7 Å². The van der Waals surface area contributed by atoms with Crippen molar-refractivity contribution >= 4 is 40.7 Å². The highest BCUT2D eigenvalue weighted by Gasteiger charge is 2.49. The van der Waals surface area contributed by atoms with E-state index in [9.17, 15) is 14.4 Å². The van der Waals surface area contributed by atoms with Crippen molar-refractivity contribution in [1.82, 2.24) is 0 Å². The summed E-state index contributed by atoms with van der Waals surface area (Å²) in [7, 11) is 0.